The molecular weight excluding hydrogens is 284 g/mol. The number of rotatable bonds is 4. The lowest BCUT2D eigenvalue weighted by molar-refractivity contribution is -0.384. The van der Waals surface area contributed by atoms with Crippen LogP contribution in [0.2, 0.25) is 0 Å². The molecule has 0 bridgehead atoms. The maximum atomic E-state index is 11.7. The molecular formula is C16H14N2O4. The van der Waals surface area contributed by atoms with Crippen LogP contribution in [0.4, 0.5) is 5.69 Å². The minimum Gasteiger partial charge on any atom is -0.480 e. The molecule has 0 spiro atoms. The third-order valence-electron chi connectivity index (χ3n) is 3.86. The van der Waals surface area contributed by atoms with E-state index in [1.165, 1.54) is 18.2 Å². The summed E-state index contributed by atoms with van der Waals surface area (Å²) in [4.78, 5) is 23.9. The highest BCUT2D eigenvalue weighted by Crippen LogP contribution is 2.32. The third-order valence-corrected chi connectivity index (χ3v) is 3.86. The van der Waals surface area contributed by atoms with E-state index in [2.05, 4.69) is 0 Å². The summed E-state index contributed by atoms with van der Waals surface area (Å²) >= 11 is 0. The van der Waals surface area contributed by atoms with Crippen molar-refractivity contribution in [1.29, 1.82) is 0 Å². The van der Waals surface area contributed by atoms with Gasteiger partial charge in [0.2, 0.25) is 0 Å². The van der Waals surface area contributed by atoms with Gasteiger partial charge in [0.05, 0.1) is 4.92 Å². The van der Waals surface area contributed by atoms with E-state index < -0.39 is 16.9 Å². The largest absolute Gasteiger partial charge is 0.480 e. The Morgan fingerprint density at radius 2 is 1.77 bits per heavy atom. The van der Waals surface area contributed by atoms with Gasteiger partial charge in [0, 0.05) is 25.2 Å². The van der Waals surface area contributed by atoms with Gasteiger partial charge in [0.15, 0.2) is 0 Å². The highest BCUT2D eigenvalue weighted by molar-refractivity contribution is 5.76. The van der Waals surface area contributed by atoms with E-state index in [1.807, 2.05) is 29.2 Å². The molecule has 0 amide bonds. The molecule has 1 aliphatic heterocycles. The standard InChI is InChI=1S/C16H14N2O4/c19-16(20)15(11-6-3-7-14(8-11)18(21)22)17-9-12-4-1-2-5-13(12)10-17/h1-8,15H,9-10H2,(H,19,20)/t15-/m0/s1. The first-order valence-corrected chi connectivity index (χ1v) is 6.84. The van der Waals surface area contributed by atoms with Crippen LogP contribution in [0, 0.1) is 10.1 Å². The van der Waals surface area contributed by atoms with Gasteiger partial charge in [-0.15, -0.1) is 0 Å². The Bertz CT molecular complexity index is 719. The van der Waals surface area contributed by atoms with Gasteiger partial charge in [0.25, 0.3) is 5.69 Å². The lowest BCUT2D eigenvalue weighted by Gasteiger charge is -2.24. The second kappa shape index (κ2) is 5.57. The minimum atomic E-state index is -1.01. The van der Waals surface area contributed by atoms with E-state index in [9.17, 15) is 20.0 Å². The number of non-ortho nitro benzene ring substituents is 1. The van der Waals surface area contributed by atoms with Crippen LogP contribution >= 0.6 is 0 Å². The van der Waals surface area contributed by atoms with Crippen molar-refractivity contribution in [3.63, 3.8) is 0 Å². The second-order valence-corrected chi connectivity index (χ2v) is 5.27. The first-order valence-electron chi connectivity index (χ1n) is 6.84. The zero-order chi connectivity index (χ0) is 15.7. The fraction of sp³-hybridized carbons (Fsp3) is 0.188. The molecule has 0 unspecified atom stereocenters. The zero-order valence-electron chi connectivity index (χ0n) is 11.7. The monoisotopic (exact) mass is 298 g/mol. The number of carboxylic acid groups (broad SMARTS) is 1. The topological polar surface area (TPSA) is 83.7 Å². The smallest absolute Gasteiger partial charge is 0.325 e. The number of carboxylic acids is 1. The molecule has 22 heavy (non-hydrogen) atoms. The first kappa shape index (κ1) is 14.2. The van der Waals surface area contributed by atoms with Crippen LogP contribution in [0.1, 0.15) is 22.7 Å². The quantitative estimate of drug-likeness (QED) is 0.693. The van der Waals surface area contributed by atoms with E-state index in [4.69, 9.17) is 0 Å². The number of carbonyl (C=O) groups is 1. The summed E-state index contributed by atoms with van der Waals surface area (Å²) in [6, 6.07) is 12.7. The summed E-state index contributed by atoms with van der Waals surface area (Å²) < 4.78 is 0. The zero-order valence-corrected chi connectivity index (χ0v) is 11.7. The molecule has 6 heteroatoms. The van der Waals surface area contributed by atoms with Crippen LogP contribution in [-0.4, -0.2) is 20.9 Å². The number of hydrogen-bond acceptors (Lipinski definition) is 4. The van der Waals surface area contributed by atoms with Gasteiger partial charge >= 0.3 is 5.97 Å². The molecule has 0 saturated heterocycles. The van der Waals surface area contributed by atoms with Gasteiger partial charge in [-0.3, -0.25) is 19.8 Å². The predicted molar refractivity (Wildman–Crippen MR) is 79.2 cm³/mol. The average Bonchev–Trinajstić information content (AvgIpc) is 2.90. The SMILES string of the molecule is O=C(O)[C@H](c1cccc([N+](=O)[O-])c1)N1Cc2ccccc2C1. The van der Waals surface area contributed by atoms with Crippen molar-refractivity contribution < 1.29 is 14.8 Å². The van der Waals surface area contributed by atoms with Gasteiger partial charge in [-0.2, -0.15) is 0 Å². The number of nitro groups is 1. The van der Waals surface area contributed by atoms with Crippen molar-refractivity contribution in [3.05, 3.63) is 75.3 Å². The lowest BCUT2D eigenvalue weighted by atomic mass is 10.0. The summed E-state index contributed by atoms with van der Waals surface area (Å²) in [5.74, 6) is -1.01. The summed E-state index contributed by atoms with van der Waals surface area (Å²) in [6.45, 7) is 1.05. The van der Waals surface area contributed by atoms with Gasteiger partial charge in [-0.1, -0.05) is 36.4 Å². The molecule has 1 atom stereocenters. The average molecular weight is 298 g/mol. The number of nitrogens with zero attached hydrogens (tertiary/aromatic N) is 2. The van der Waals surface area contributed by atoms with Crippen molar-refractivity contribution in [2.24, 2.45) is 0 Å². The van der Waals surface area contributed by atoms with E-state index >= 15 is 0 Å². The Morgan fingerprint density at radius 3 is 2.32 bits per heavy atom. The van der Waals surface area contributed by atoms with Crippen LogP contribution < -0.4 is 0 Å². The molecule has 112 valence electrons. The van der Waals surface area contributed by atoms with E-state index in [-0.39, 0.29) is 5.69 Å². The summed E-state index contributed by atoms with van der Waals surface area (Å²) in [5.41, 5.74) is 2.52. The molecule has 0 saturated carbocycles. The molecule has 2 aromatic carbocycles. The van der Waals surface area contributed by atoms with Crippen LogP contribution in [0.15, 0.2) is 48.5 Å². The predicted octanol–water partition coefficient (Wildman–Crippen LogP) is 2.74. The number of nitro benzene ring substituents is 1. The Hall–Kier alpha value is -2.73. The van der Waals surface area contributed by atoms with Crippen LogP contribution in [0.5, 0.6) is 0 Å². The molecule has 3 rings (SSSR count). The van der Waals surface area contributed by atoms with Gasteiger partial charge < -0.3 is 5.11 Å². The third kappa shape index (κ3) is 2.56. The molecule has 1 N–H and O–H groups in total. The molecule has 0 aromatic heterocycles. The van der Waals surface area contributed by atoms with Gasteiger partial charge in [-0.25, -0.2) is 0 Å². The number of aliphatic carboxylic acids is 1. The maximum Gasteiger partial charge on any atom is 0.325 e. The van der Waals surface area contributed by atoms with E-state index in [0.717, 1.165) is 11.1 Å². The van der Waals surface area contributed by atoms with Crippen LogP contribution in [-0.2, 0) is 17.9 Å². The maximum absolute atomic E-state index is 11.7. The van der Waals surface area contributed by atoms with Crippen molar-refractivity contribution in [2.75, 3.05) is 0 Å². The van der Waals surface area contributed by atoms with Crippen molar-refractivity contribution in [2.45, 2.75) is 19.1 Å². The highest BCUT2D eigenvalue weighted by Gasteiger charge is 2.32. The second-order valence-electron chi connectivity index (χ2n) is 5.27. The number of benzene rings is 2. The Balaban J connectivity index is 1.94. The van der Waals surface area contributed by atoms with E-state index in [1.54, 1.807) is 6.07 Å². The number of hydrogen-bond donors (Lipinski definition) is 1. The van der Waals surface area contributed by atoms with Gasteiger partial charge in [-0.05, 0) is 16.7 Å². The molecule has 1 heterocycles. The first-order chi connectivity index (χ1) is 10.6. The van der Waals surface area contributed by atoms with Crippen LogP contribution in [0.3, 0.4) is 0 Å². The van der Waals surface area contributed by atoms with Crippen molar-refractivity contribution in [1.82, 2.24) is 4.90 Å². The summed E-state index contributed by atoms with van der Waals surface area (Å²) in [7, 11) is 0. The lowest BCUT2D eigenvalue weighted by Crippen LogP contribution is -2.30. The molecule has 2 aromatic rings. The Labute approximate surface area is 126 Å². The Morgan fingerprint density at radius 1 is 1.14 bits per heavy atom. The van der Waals surface area contributed by atoms with Crippen LogP contribution in [0.25, 0.3) is 0 Å². The fourth-order valence-corrected chi connectivity index (χ4v) is 2.86. The molecule has 0 aliphatic carbocycles. The molecule has 0 radical (unpaired) electrons. The molecule has 1 aliphatic rings. The minimum absolute atomic E-state index is 0.0968. The highest BCUT2D eigenvalue weighted by atomic mass is 16.6. The van der Waals surface area contributed by atoms with Crippen molar-refractivity contribution >= 4 is 11.7 Å². The van der Waals surface area contributed by atoms with E-state index in [0.29, 0.717) is 18.7 Å². The summed E-state index contributed by atoms with van der Waals surface area (Å²) in [5, 5.41) is 20.5. The van der Waals surface area contributed by atoms with Crippen molar-refractivity contribution in [3.8, 4) is 0 Å². The number of fused-ring (bicyclic) bond motifs is 1. The summed E-state index contributed by atoms with van der Waals surface area (Å²) in [6.07, 6.45) is 0. The normalized spacial score (nSPS) is 15.3. The Kier molecular flexibility index (Phi) is 3.60. The van der Waals surface area contributed by atoms with Gasteiger partial charge in [0.1, 0.15) is 6.04 Å². The molecule has 0 fully saturated rings. The fourth-order valence-electron chi connectivity index (χ4n) is 2.86. The molecule has 6 nitrogen and oxygen atoms in total.